The number of carbonyl (C=O) groups excluding carboxylic acids is 5. The molecule has 18 heteroatoms. The lowest BCUT2D eigenvalue weighted by atomic mass is 10.0. The number of unbranched alkanes of at least 4 members (excludes halogenated alkanes) is 1. The average molecular weight is 772 g/mol. The van der Waals surface area contributed by atoms with Gasteiger partial charge in [-0.15, -0.1) is 0 Å². The lowest BCUT2D eigenvalue weighted by Gasteiger charge is -2.25. The number of benzene rings is 2. The van der Waals surface area contributed by atoms with Crippen molar-refractivity contribution >= 4 is 41.5 Å². The Hall–Kier alpha value is -5.75. The molecule has 5 atom stereocenters. The molecular weight excluding hydrogens is 718 g/mol. The Kier molecular flexibility index (Phi) is 19.1. The number of phenols is 2. The van der Waals surface area contributed by atoms with Gasteiger partial charge in [-0.2, -0.15) is 0 Å². The maximum absolute atomic E-state index is 13.7. The Bertz CT molecular complexity index is 1600. The number of carbonyl (C=O) groups is 7. The van der Waals surface area contributed by atoms with E-state index in [1.807, 2.05) is 13.8 Å². The minimum absolute atomic E-state index is 0.00151. The van der Waals surface area contributed by atoms with Gasteiger partial charge in [-0.25, -0.2) is 4.79 Å². The van der Waals surface area contributed by atoms with Gasteiger partial charge in [0.1, 0.15) is 35.7 Å². The Morgan fingerprint density at radius 1 is 0.636 bits per heavy atom. The summed E-state index contributed by atoms with van der Waals surface area (Å²) in [5.74, 6) is -6.55. The monoisotopic (exact) mass is 771 g/mol. The number of hydrogen-bond acceptors (Lipinski definition) is 11. The Balaban J connectivity index is 2.23. The van der Waals surface area contributed by atoms with Crippen LogP contribution < -0.4 is 38.1 Å². The van der Waals surface area contributed by atoms with Gasteiger partial charge in [0.25, 0.3) is 0 Å². The molecule has 302 valence electrons. The second kappa shape index (κ2) is 23.1. The normalized spacial score (nSPS) is 13.7. The Morgan fingerprint density at radius 3 is 1.62 bits per heavy atom. The van der Waals surface area contributed by atoms with Gasteiger partial charge in [-0.1, -0.05) is 38.1 Å². The number of hydrogen-bond donors (Lipinski definition) is 11. The number of nitrogens with two attached hydrogens (primary N) is 2. The van der Waals surface area contributed by atoms with Gasteiger partial charge in [-0.3, -0.25) is 28.8 Å². The van der Waals surface area contributed by atoms with Crippen LogP contribution in [0.4, 0.5) is 0 Å². The highest BCUT2D eigenvalue weighted by Gasteiger charge is 2.31. The predicted molar refractivity (Wildman–Crippen MR) is 199 cm³/mol. The highest BCUT2D eigenvalue weighted by atomic mass is 16.4. The third-order valence-corrected chi connectivity index (χ3v) is 8.36. The van der Waals surface area contributed by atoms with Gasteiger partial charge in [0.05, 0.1) is 12.6 Å². The fourth-order valence-corrected chi connectivity index (χ4v) is 5.42. The zero-order valence-electron chi connectivity index (χ0n) is 31.0. The first-order valence-corrected chi connectivity index (χ1v) is 17.9. The molecule has 55 heavy (non-hydrogen) atoms. The summed E-state index contributed by atoms with van der Waals surface area (Å²) < 4.78 is 0. The molecule has 0 fully saturated rings. The fraction of sp³-hybridized carbons (Fsp3) is 0.486. The van der Waals surface area contributed by atoms with E-state index in [2.05, 4.69) is 26.6 Å². The number of carboxylic acids is 2. The van der Waals surface area contributed by atoms with Gasteiger partial charge >= 0.3 is 11.9 Å². The van der Waals surface area contributed by atoms with Crippen molar-refractivity contribution in [3.05, 3.63) is 59.7 Å². The van der Waals surface area contributed by atoms with Crippen LogP contribution in [0.2, 0.25) is 0 Å². The molecule has 0 radical (unpaired) electrons. The van der Waals surface area contributed by atoms with E-state index in [-0.39, 0.29) is 43.2 Å². The number of nitrogens with one attached hydrogen (secondary N) is 5. The molecule has 0 heterocycles. The molecule has 0 aliphatic carbocycles. The van der Waals surface area contributed by atoms with E-state index in [1.165, 1.54) is 36.4 Å². The summed E-state index contributed by atoms with van der Waals surface area (Å²) in [6.07, 6.45) is 0.146. The van der Waals surface area contributed by atoms with E-state index >= 15 is 0 Å². The van der Waals surface area contributed by atoms with Crippen LogP contribution in [0.15, 0.2) is 48.5 Å². The van der Waals surface area contributed by atoms with Crippen molar-refractivity contribution < 1.29 is 54.0 Å². The zero-order chi connectivity index (χ0) is 41.1. The van der Waals surface area contributed by atoms with Crippen molar-refractivity contribution in [2.24, 2.45) is 17.4 Å². The lowest BCUT2D eigenvalue weighted by Crippen LogP contribution is -2.57. The van der Waals surface area contributed by atoms with Gasteiger partial charge in [-0.05, 0) is 80.0 Å². The second-order valence-corrected chi connectivity index (χ2v) is 13.6. The highest BCUT2D eigenvalue weighted by molar-refractivity contribution is 5.95. The quantitative estimate of drug-likeness (QED) is 0.0595. The van der Waals surface area contributed by atoms with Gasteiger partial charge in [0, 0.05) is 19.3 Å². The predicted octanol–water partition coefficient (Wildman–Crippen LogP) is -0.610. The largest absolute Gasteiger partial charge is 0.508 e. The molecule has 0 saturated heterocycles. The van der Waals surface area contributed by atoms with E-state index < -0.39 is 91.1 Å². The van der Waals surface area contributed by atoms with Gasteiger partial charge in [0.15, 0.2) is 0 Å². The molecule has 2 rings (SSSR count). The fourth-order valence-electron chi connectivity index (χ4n) is 5.42. The van der Waals surface area contributed by atoms with E-state index in [4.69, 9.17) is 16.6 Å². The molecule has 2 aromatic rings. The molecule has 5 amide bonds. The molecule has 0 spiro atoms. The molecular formula is C37H53N7O11. The molecule has 2 aromatic carbocycles. The first-order valence-electron chi connectivity index (χ1n) is 17.9. The van der Waals surface area contributed by atoms with E-state index in [1.54, 1.807) is 12.1 Å². The first kappa shape index (κ1) is 45.4. The summed E-state index contributed by atoms with van der Waals surface area (Å²) >= 11 is 0. The number of carboxylic acid groups (broad SMARTS) is 2. The van der Waals surface area contributed by atoms with E-state index in [0.29, 0.717) is 30.4 Å². The summed E-state index contributed by atoms with van der Waals surface area (Å²) in [7, 11) is 0. The van der Waals surface area contributed by atoms with Crippen LogP contribution in [0.3, 0.4) is 0 Å². The summed E-state index contributed by atoms with van der Waals surface area (Å²) in [6.45, 7) is 3.45. The van der Waals surface area contributed by atoms with Crippen LogP contribution in [0, 0.1) is 5.92 Å². The van der Waals surface area contributed by atoms with Crippen LogP contribution >= 0.6 is 0 Å². The van der Waals surface area contributed by atoms with E-state index in [0.717, 1.165) is 0 Å². The van der Waals surface area contributed by atoms with Crippen LogP contribution in [-0.4, -0.2) is 105 Å². The molecule has 18 nitrogen and oxygen atoms in total. The van der Waals surface area contributed by atoms with Crippen LogP contribution in [-0.2, 0) is 46.4 Å². The Labute approximate surface area is 318 Å². The maximum atomic E-state index is 13.7. The molecule has 13 N–H and O–H groups in total. The average Bonchev–Trinajstić information content (AvgIpc) is 3.12. The molecule has 0 unspecified atom stereocenters. The van der Waals surface area contributed by atoms with Crippen LogP contribution in [0.1, 0.15) is 63.5 Å². The van der Waals surface area contributed by atoms with Crippen LogP contribution in [0.5, 0.6) is 11.5 Å². The highest BCUT2D eigenvalue weighted by Crippen LogP contribution is 2.14. The number of phenolic OH excluding ortho intramolecular Hbond substituents is 2. The molecule has 0 aromatic heterocycles. The van der Waals surface area contributed by atoms with Crippen molar-refractivity contribution in [1.82, 2.24) is 26.6 Å². The van der Waals surface area contributed by atoms with E-state index in [9.17, 15) is 48.9 Å². The van der Waals surface area contributed by atoms with Crippen molar-refractivity contribution in [1.29, 1.82) is 0 Å². The number of aromatic hydroxyl groups is 2. The second-order valence-electron chi connectivity index (χ2n) is 13.6. The lowest BCUT2D eigenvalue weighted by molar-refractivity contribution is -0.143. The van der Waals surface area contributed by atoms with Gasteiger partial charge < -0.3 is 58.5 Å². The molecule has 0 saturated carbocycles. The standard InChI is InChI=1S/C37H53N7O11/c1-21(2)17-26(39)33(50)43-29(18-22-6-10-24(45)11-7-22)34(51)40-20-31(47)41-27(5-3-4-16-38)35(52)44-30(19-23-8-12-25(46)13-9-23)36(53)42-28(37(54)55)14-15-32(48)49/h6-13,21,26-30,45-46H,3-5,14-20,38-39H2,1-2H3,(H,40,51)(H,41,47)(H,42,53)(H,43,50)(H,44,52)(H,48,49)(H,54,55)/t26-,27-,28-,29-,30-/m0/s1. The zero-order valence-corrected chi connectivity index (χ0v) is 31.0. The number of aliphatic carboxylic acids is 2. The van der Waals surface area contributed by atoms with Crippen LogP contribution in [0.25, 0.3) is 0 Å². The molecule has 0 bridgehead atoms. The third kappa shape index (κ3) is 17.3. The van der Waals surface area contributed by atoms with Gasteiger partial charge in [0.2, 0.25) is 29.5 Å². The Morgan fingerprint density at radius 2 is 1.13 bits per heavy atom. The maximum Gasteiger partial charge on any atom is 0.326 e. The number of amides is 5. The summed E-state index contributed by atoms with van der Waals surface area (Å²) in [6, 6.07) is 5.37. The topological polar surface area (TPSA) is 313 Å². The first-order chi connectivity index (χ1) is 26.0. The molecule has 0 aliphatic heterocycles. The SMILES string of the molecule is CC(C)C[C@H](N)C(=O)N[C@@H](Cc1ccc(O)cc1)C(=O)NCC(=O)N[C@@H](CCCCN)C(=O)N[C@@H](Cc1ccc(O)cc1)C(=O)N[C@@H](CCC(=O)O)C(=O)O. The minimum atomic E-state index is -1.58. The summed E-state index contributed by atoms with van der Waals surface area (Å²) in [5, 5.41) is 50.4. The minimum Gasteiger partial charge on any atom is -0.508 e. The van der Waals surface area contributed by atoms with Crippen molar-refractivity contribution in [3.63, 3.8) is 0 Å². The summed E-state index contributed by atoms with van der Waals surface area (Å²) in [5.41, 5.74) is 12.7. The van der Waals surface area contributed by atoms with Crippen molar-refractivity contribution in [2.75, 3.05) is 13.1 Å². The van der Waals surface area contributed by atoms with Crippen molar-refractivity contribution in [3.8, 4) is 11.5 Å². The number of rotatable bonds is 24. The smallest absolute Gasteiger partial charge is 0.326 e. The summed E-state index contributed by atoms with van der Waals surface area (Å²) in [4.78, 5) is 89.3. The molecule has 0 aliphatic rings. The third-order valence-electron chi connectivity index (χ3n) is 8.36. The van der Waals surface area contributed by atoms with Crippen molar-refractivity contribution in [2.45, 2.75) is 95.4 Å².